The maximum absolute atomic E-state index is 14.8. The normalized spacial score (nSPS) is 16.0. The van der Waals surface area contributed by atoms with E-state index in [9.17, 15) is 14.4 Å². The summed E-state index contributed by atoms with van der Waals surface area (Å²) in [5.41, 5.74) is 0.921. The number of ether oxygens (including phenoxy) is 2. The van der Waals surface area contributed by atoms with Crippen molar-refractivity contribution >= 4 is 46.8 Å². The summed E-state index contributed by atoms with van der Waals surface area (Å²) in [5, 5.41) is 10.3. The van der Waals surface area contributed by atoms with Gasteiger partial charge in [0.1, 0.15) is 11.4 Å². The van der Waals surface area contributed by atoms with Crippen LogP contribution in [0.15, 0.2) is 60.7 Å². The first-order valence-corrected chi connectivity index (χ1v) is 16.9. The number of halogens is 2. The number of carbonyl (C=O) groups excluding carboxylic acids is 3. The highest BCUT2D eigenvalue weighted by molar-refractivity contribution is 6.32. The van der Waals surface area contributed by atoms with Crippen LogP contribution in [0.2, 0.25) is 10.0 Å². The maximum Gasteiger partial charge on any atom is 0.407 e. The fraction of sp³-hybridized carbons (Fsp3) is 0.432. The van der Waals surface area contributed by atoms with Crippen molar-refractivity contribution in [2.45, 2.75) is 84.0 Å². The molecular weight excluding hydrogens is 651 g/mol. The smallest absolute Gasteiger partial charge is 0.407 e. The van der Waals surface area contributed by atoms with Gasteiger partial charge in [-0.1, -0.05) is 53.9 Å². The lowest BCUT2D eigenvalue weighted by Crippen LogP contribution is -2.52. The van der Waals surface area contributed by atoms with Gasteiger partial charge in [0.05, 0.1) is 19.3 Å². The van der Waals surface area contributed by atoms with Gasteiger partial charge in [0.15, 0.2) is 5.54 Å². The van der Waals surface area contributed by atoms with E-state index in [-0.39, 0.29) is 18.4 Å². The molecule has 0 radical (unpaired) electrons. The summed E-state index contributed by atoms with van der Waals surface area (Å²) in [6.07, 6.45) is 1.83. The largest absolute Gasteiger partial charge is 0.496 e. The molecule has 3 N–H and O–H groups in total. The standard InChI is InChI=1S/C37H46Cl2N4O5/c1-35(2,3)42-32(44)24-15-16-25(31(21-24)47-7)23-43-30-18-17-26(38)22-28(30)37(33(43)45,27-13-9-10-14-29(27)39)41-20-12-8-11-19-40-34(46)48-36(4,5)6/h9-10,13-18,21-22,41H,8,11-12,19-20,23H2,1-7H3,(H,40,46)(H,42,44). The second-order valence-electron chi connectivity index (χ2n) is 13.9. The van der Waals surface area contributed by atoms with Gasteiger partial charge in [0, 0.05) is 44.4 Å². The topological polar surface area (TPSA) is 109 Å². The number of hydrogen-bond acceptors (Lipinski definition) is 6. The number of fused-ring (bicyclic) bond motifs is 1. The quantitative estimate of drug-likeness (QED) is 0.168. The third-order valence-electron chi connectivity index (χ3n) is 7.78. The molecule has 0 bridgehead atoms. The maximum atomic E-state index is 14.8. The number of methoxy groups -OCH3 is 1. The highest BCUT2D eigenvalue weighted by atomic mass is 35.5. The second-order valence-corrected chi connectivity index (χ2v) is 14.8. The zero-order chi connectivity index (χ0) is 35.3. The number of nitrogens with one attached hydrogen (secondary N) is 3. The molecular formula is C37H46Cl2N4O5. The number of carbonyl (C=O) groups is 3. The van der Waals surface area contributed by atoms with Crippen LogP contribution in [0.4, 0.5) is 10.5 Å². The first-order valence-electron chi connectivity index (χ1n) is 16.1. The number of unbranched alkanes of at least 4 members (excludes halogenated alkanes) is 2. The number of hydrogen-bond donors (Lipinski definition) is 3. The van der Waals surface area contributed by atoms with E-state index in [0.717, 1.165) is 24.8 Å². The number of nitrogens with zero attached hydrogens (tertiary/aromatic N) is 1. The zero-order valence-corrected chi connectivity index (χ0v) is 30.3. The van der Waals surface area contributed by atoms with Gasteiger partial charge in [-0.25, -0.2) is 4.79 Å². The van der Waals surface area contributed by atoms with Crippen LogP contribution in [0, 0.1) is 0 Å². The Kier molecular flexibility index (Phi) is 11.7. The van der Waals surface area contributed by atoms with Crippen LogP contribution in [0.25, 0.3) is 0 Å². The van der Waals surface area contributed by atoms with Crippen molar-refractivity contribution in [3.63, 3.8) is 0 Å². The van der Waals surface area contributed by atoms with Gasteiger partial charge in [-0.05, 0) is 97.3 Å². The van der Waals surface area contributed by atoms with Gasteiger partial charge >= 0.3 is 6.09 Å². The van der Waals surface area contributed by atoms with Crippen molar-refractivity contribution in [3.05, 3.63) is 93.0 Å². The van der Waals surface area contributed by atoms with Crippen molar-refractivity contribution in [3.8, 4) is 5.75 Å². The average molecular weight is 698 g/mol. The van der Waals surface area contributed by atoms with E-state index in [0.29, 0.717) is 51.3 Å². The average Bonchev–Trinajstić information content (AvgIpc) is 3.21. The minimum absolute atomic E-state index is 0.183. The lowest BCUT2D eigenvalue weighted by atomic mass is 9.83. The number of alkyl carbamates (subject to hydrolysis) is 1. The third kappa shape index (κ3) is 8.81. The van der Waals surface area contributed by atoms with E-state index in [1.54, 1.807) is 36.3 Å². The third-order valence-corrected chi connectivity index (χ3v) is 8.34. The van der Waals surface area contributed by atoms with Crippen LogP contribution in [-0.2, 0) is 21.6 Å². The molecule has 0 spiro atoms. The number of benzene rings is 3. The number of anilines is 1. The lowest BCUT2D eigenvalue weighted by Gasteiger charge is -2.32. The molecule has 4 rings (SSSR count). The van der Waals surface area contributed by atoms with Crippen molar-refractivity contribution in [1.82, 2.24) is 16.0 Å². The lowest BCUT2D eigenvalue weighted by molar-refractivity contribution is -0.123. The Morgan fingerprint density at radius 2 is 1.58 bits per heavy atom. The molecule has 9 nitrogen and oxygen atoms in total. The fourth-order valence-electron chi connectivity index (χ4n) is 5.73. The molecule has 48 heavy (non-hydrogen) atoms. The van der Waals surface area contributed by atoms with Crippen LogP contribution in [0.1, 0.15) is 87.9 Å². The van der Waals surface area contributed by atoms with E-state index in [1.165, 1.54) is 0 Å². The molecule has 1 heterocycles. The van der Waals surface area contributed by atoms with Crippen molar-refractivity contribution in [1.29, 1.82) is 0 Å². The summed E-state index contributed by atoms with van der Waals surface area (Å²) in [7, 11) is 1.54. The highest BCUT2D eigenvalue weighted by Crippen LogP contribution is 2.48. The molecule has 1 aliphatic rings. The van der Waals surface area contributed by atoms with Crippen molar-refractivity contribution in [2.75, 3.05) is 25.1 Å². The van der Waals surface area contributed by atoms with E-state index in [4.69, 9.17) is 32.7 Å². The van der Waals surface area contributed by atoms with Crippen molar-refractivity contribution < 1.29 is 23.9 Å². The van der Waals surface area contributed by atoms with Gasteiger partial charge in [0.2, 0.25) is 0 Å². The van der Waals surface area contributed by atoms with E-state index in [1.807, 2.05) is 77.9 Å². The summed E-state index contributed by atoms with van der Waals surface area (Å²) in [6.45, 7) is 12.4. The zero-order valence-electron chi connectivity index (χ0n) is 28.8. The Balaban J connectivity index is 1.60. The SMILES string of the molecule is COc1cc(C(=O)NC(C)(C)C)ccc1CN1C(=O)C(NCCCCCNC(=O)OC(C)(C)C)(c2ccccc2Cl)c2cc(Cl)ccc21. The Labute approximate surface area is 293 Å². The van der Waals surface area contributed by atoms with Gasteiger partial charge in [-0.2, -0.15) is 0 Å². The number of rotatable bonds is 12. The molecule has 0 saturated heterocycles. The Bertz CT molecular complexity index is 1650. The van der Waals surface area contributed by atoms with E-state index in [2.05, 4.69) is 16.0 Å². The highest BCUT2D eigenvalue weighted by Gasteiger charge is 2.53. The molecule has 258 valence electrons. The molecule has 11 heteroatoms. The molecule has 0 aliphatic carbocycles. The van der Waals surface area contributed by atoms with Crippen LogP contribution >= 0.6 is 23.2 Å². The number of amides is 3. The minimum Gasteiger partial charge on any atom is -0.496 e. The van der Waals surface area contributed by atoms with E-state index < -0.39 is 22.8 Å². The van der Waals surface area contributed by atoms with Crippen molar-refractivity contribution in [2.24, 2.45) is 0 Å². The van der Waals surface area contributed by atoms with Gasteiger partial charge in [0.25, 0.3) is 11.8 Å². The van der Waals surface area contributed by atoms with Gasteiger partial charge < -0.3 is 25.0 Å². The Hall–Kier alpha value is -3.79. The van der Waals surface area contributed by atoms with Gasteiger partial charge in [-0.3, -0.25) is 14.9 Å². The summed E-state index contributed by atoms with van der Waals surface area (Å²) in [5.74, 6) is 0.0614. The van der Waals surface area contributed by atoms with Gasteiger partial charge in [-0.15, -0.1) is 0 Å². The fourth-order valence-corrected chi connectivity index (χ4v) is 6.18. The molecule has 0 saturated carbocycles. The summed E-state index contributed by atoms with van der Waals surface area (Å²) < 4.78 is 11.0. The molecule has 0 fully saturated rings. The summed E-state index contributed by atoms with van der Waals surface area (Å²) in [6, 6.07) is 18.0. The summed E-state index contributed by atoms with van der Waals surface area (Å²) >= 11 is 13.4. The Morgan fingerprint density at radius 1 is 0.875 bits per heavy atom. The predicted molar refractivity (Wildman–Crippen MR) is 191 cm³/mol. The van der Waals surface area contributed by atoms with Crippen LogP contribution in [-0.4, -0.2) is 49.2 Å². The molecule has 1 atom stereocenters. The first-order chi connectivity index (χ1) is 22.6. The molecule has 1 aliphatic heterocycles. The van der Waals surface area contributed by atoms with Crippen LogP contribution in [0.5, 0.6) is 5.75 Å². The second kappa shape index (κ2) is 15.2. The monoisotopic (exact) mass is 696 g/mol. The Morgan fingerprint density at radius 3 is 2.25 bits per heavy atom. The first kappa shape index (κ1) is 37.0. The predicted octanol–water partition coefficient (Wildman–Crippen LogP) is 7.61. The molecule has 3 aromatic carbocycles. The minimum atomic E-state index is -1.31. The molecule has 1 unspecified atom stereocenters. The van der Waals surface area contributed by atoms with Crippen LogP contribution in [0.3, 0.4) is 0 Å². The molecule has 0 aromatic heterocycles. The van der Waals surface area contributed by atoms with E-state index >= 15 is 0 Å². The van der Waals surface area contributed by atoms with Crippen LogP contribution < -0.4 is 25.6 Å². The molecule has 3 aromatic rings. The summed E-state index contributed by atoms with van der Waals surface area (Å²) in [4.78, 5) is 41.4. The molecule has 3 amide bonds.